The molecule has 2 rings (SSSR count). The maximum Gasteiger partial charge on any atom is 0.121 e. The third kappa shape index (κ3) is 4.03. The smallest absolute Gasteiger partial charge is 0.121 e. The van der Waals surface area contributed by atoms with Crippen LogP contribution in [0.3, 0.4) is 0 Å². The van der Waals surface area contributed by atoms with Crippen molar-refractivity contribution in [2.24, 2.45) is 0 Å². The Bertz CT molecular complexity index is 609. The van der Waals surface area contributed by atoms with Crippen molar-refractivity contribution in [1.29, 1.82) is 0 Å². The van der Waals surface area contributed by atoms with Crippen molar-refractivity contribution in [1.82, 2.24) is 0 Å². The normalized spacial score (nSPS) is 13.6. The van der Waals surface area contributed by atoms with Gasteiger partial charge in [-0.1, -0.05) is 29.3 Å². The fraction of sp³-hybridized carbons (Fsp3) is 0.250. The van der Waals surface area contributed by atoms with Gasteiger partial charge in [-0.25, -0.2) is 0 Å². The Balaban J connectivity index is 2.07. The molecule has 1 N–H and O–H groups in total. The molecule has 1 atom stereocenters. The molecule has 0 radical (unpaired) electrons. The lowest BCUT2D eigenvalue weighted by atomic mass is 9.97. The van der Waals surface area contributed by atoms with Crippen LogP contribution in [0.25, 0.3) is 0 Å². The highest BCUT2D eigenvalue weighted by Gasteiger charge is 2.25. The third-order valence-electron chi connectivity index (χ3n) is 3.12. The summed E-state index contributed by atoms with van der Waals surface area (Å²) in [4.78, 5) is 0. The van der Waals surface area contributed by atoms with Crippen LogP contribution in [-0.2, 0) is 5.60 Å². The van der Waals surface area contributed by atoms with Crippen molar-refractivity contribution in [2.75, 3.05) is 13.7 Å². The number of benzene rings is 2. The van der Waals surface area contributed by atoms with Gasteiger partial charge in [-0.05, 0) is 48.9 Å². The van der Waals surface area contributed by atoms with Crippen LogP contribution in [0, 0.1) is 0 Å². The fourth-order valence-electron chi connectivity index (χ4n) is 1.81. The predicted octanol–water partition coefficient (Wildman–Crippen LogP) is 4.29. The summed E-state index contributed by atoms with van der Waals surface area (Å²) in [7, 11) is 1.60. The number of hydrogen-bond donors (Lipinski definition) is 1. The van der Waals surface area contributed by atoms with Crippen molar-refractivity contribution in [3.63, 3.8) is 0 Å². The first-order valence-electron chi connectivity index (χ1n) is 6.37. The van der Waals surface area contributed by atoms with Gasteiger partial charge in [0.05, 0.1) is 17.2 Å². The lowest BCUT2D eigenvalue weighted by molar-refractivity contribution is 0.00759. The van der Waals surface area contributed by atoms with Gasteiger partial charge in [0, 0.05) is 0 Å². The molecule has 0 fully saturated rings. The van der Waals surface area contributed by atoms with Crippen molar-refractivity contribution in [3.05, 3.63) is 58.1 Å². The van der Waals surface area contributed by atoms with Gasteiger partial charge in [0.2, 0.25) is 0 Å². The lowest BCUT2D eigenvalue weighted by Crippen LogP contribution is -2.29. The Morgan fingerprint density at radius 2 is 1.62 bits per heavy atom. The van der Waals surface area contributed by atoms with Gasteiger partial charge in [-0.3, -0.25) is 0 Å². The van der Waals surface area contributed by atoms with Crippen LogP contribution < -0.4 is 9.47 Å². The maximum atomic E-state index is 10.5. The zero-order chi connectivity index (χ0) is 15.5. The monoisotopic (exact) mass is 326 g/mol. The zero-order valence-electron chi connectivity index (χ0n) is 11.8. The molecular weight excluding hydrogens is 311 g/mol. The van der Waals surface area contributed by atoms with E-state index in [1.165, 1.54) is 0 Å². The number of halogens is 2. The number of ether oxygens (including phenoxy) is 2. The Morgan fingerprint density at radius 1 is 1.00 bits per heavy atom. The van der Waals surface area contributed by atoms with Crippen LogP contribution in [0.1, 0.15) is 12.5 Å². The molecule has 0 saturated carbocycles. The van der Waals surface area contributed by atoms with Crippen LogP contribution in [0.15, 0.2) is 42.5 Å². The first-order valence-corrected chi connectivity index (χ1v) is 7.13. The second kappa shape index (κ2) is 6.56. The van der Waals surface area contributed by atoms with Gasteiger partial charge in [-0.15, -0.1) is 0 Å². The van der Waals surface area contributed by atoms with Gasteiger partial charge >= 0.3 is 0 Å². The van der Waals surface area contributed by atoms with Gasteiger partial charge in [-0.2, -0.15) is 0 Å². The fourth-order valence-corrected chi connectivity index (χ4v) is 2.11. The molecule has 0 amide bonds. The Labute approximate surface area is 134 Å². The first-order chi connectivity index (χ1) is 9.92. The molecule has 21 heavy (non-hydrogen) atoms. The second-order valence-electron chi connectivity index (χ2n) is 4.87. The molecule has 0 heterocycles. The molecule has 0 aliphatic carbocycles. The zero-order valence-corrected chi connectivity index (χ0v) is 13.3. The average Bonchev–Trinajstić information content (AvgIpc) is 2.48. The quantitative estimate of drug-likeness (QED) is 0.890. The Kier molecular flexibility index (Phi) is 4.99. The molecule has 0 aliphatic rings. The van der Waals surface area contributed by atoms with E-state index in [0.717, 1.165) is 5.75 Å². The van der Waals surface area contributed by atoms with E-state index < -0.39 is 5.60 Å². The minimum absolute atomic E-state index is 0.0945. The largest absolute Gasteiger partial charge is 0.497 e. The molecule has 0 saturated heterocycles. The molecule has 0 aliphatic heterocycles. The summed E-state index contributed by atoms with van der Waals surface area (Å²) in [5, 5.41) is 11.4. The minimum atomic E-state index is -1.17. The molecule has 0 unspecified atom stereocenters. The summed E-state index contributed by atoms with van der Waals surface area (Å²) in [6.07, 6.45) is 0. The molecule has 112 valence electrons. The number of methoxy groups -OCH3 is 1. The Hall–Kier alpha value is -1.42. The van der Waals surface area contributed by atoms with Gasteiger partial charge in [0.1, 0.15) is 23.7 Å². The molecule has 0 aromatic heterocycles. The standard InChI is InChI=1S/C16H16Cl2O3/c1-16(19,11-3-8-14(17)15(18)9-11)10-21-13-6-4-12(20-2)5-7-13/h3-9,19H,10H2,1-2H3/t16-/m1/s1. The minimum Gasteiger partial charge on any atom is -0.497 e. The predicted molar refractivity (Wildman–Crippen MR) is 84.5 cm³/mol. The van der Waals surface area contributed by atoms with E-state index in [1.807, 2.05) is 0 Å². The van der Waals surface area contributed by atoms with E-state index in [1.54, 1.807) is 56.5 Å². The summed E-state index contributed by atoms with van der Waals surface area (Å²) in [6, 6.07) is 12.2. The topological polar surface area (TPSA) is 38.7 Å². The van der Waals surface area contributed by atoms with Crippen LogP contribution in [0.4, 0.5) is 0 Å². The average molecular weight is 327 g/mol. The van der Waals surface area contributed by atoms with Crippen molar-refractivity contribution in [3.8, 4) is 11.5 Å². The molecule has 0 spiro atoms. The van der Waals surface area contributed by atoms with Crippen molar-refractivity contribution in [2.45, 2.75) is 12.5 Å². The van der Waals surface area contributed by atoms with Crippen LogP contribution in [0.5, 0.6) is 11.5 Å². The van der Waals surface area contributed by atoms with Crippen molar-refractivity contribution >= 4 is 23.2 Å². The molecular formula is C16H16Cl2O3. The SMILES string of the molecule is COc1ccc(OC[C@@](C)(O)c2ccc(Cl)c(Cl)c2)cc1. The summed E-state index contributed by atoms with van der Waals surface area (Å²) in [5.74, 6) is 1.40. The van der Waals surface area contributed by atoms with Gasteiger partial charge in [0.15, 0.2) is 0 Å². The van der Waals surface area contributed by atoms with E-state index in [4.69, 9.17) is 32.7 Å². The maximum absolute atomic E-state index is 10.5. The lowest BCUT2D eigenvalue weighted by Gasteiger charge is -2.24. The third-order valence-corrected chi connectivity index (χ3v) is 3.86. The summed E-state index contributed by atoms with van der Waals surface area (Å²) in [6.45, 7) is 1.76. The molecule has 3 nitrogen and oxygen atoms in total. The summed E-state index contributed by atoms with van der Waals surface area (Å²) < 4.78 is 10.7. The number of aliphatic hydroxyl groups is 1. The van der Waals surface area contributed by atoms with Gasteiger partial charge < -0.3 is 14.6 Å². The summed E-state index contributed by atoms with van der Waals surface area (Å²) in [5.41, 5.74) is -0.529. The highest BCUT2D eigenvalue weighted by Crippen LogP contribution is 2.29. The number of hydrogen-bond acceptors (Lipinski definition) is 3. The van der Waals surface area contributed by atoms with E-state index in [-0.39, 0.29) is 6.61 Å². The Morgan fingerprint density at radius 3 is 2.19 bits per heavy atom. The van der Waals surface area contributed by atoms with Crippen LogP contribution in [0.2, 0.25) is 10.0 Å². The molecule has 5 heteroatoms. The molecule has 2 aromatic carbocycles. The number of rotatable bonds is 5. The summed E-state index contributed by atoms with van der Waals surface area (Å²) >= 11 is 11.8. The molecule has 0 bridgehead atoms. The van der Waals surface area contributed by atoms with E-state index in [2.05, 4.69) is 0 Å². The highest BCUT2D eigenvalue weighted by molar-refractivity contribution is 6.42. The second-order valence-corrected chi connectivity index (χ2v) is 5.68. The van der Waals surface area contributed by atoms with Crippen LogP contribution >= 0.6 is 23.2 Å². The van der Waals surface area contributed by atoms with E-state index in [0.29, 0.717) is 21.4 Å². The van der Waals surface area contributed by atoms with E-state index in [9.17, 15) is 5.11 Å². The first kappa shape index (κ1) is 16.0. The van der Waals surface area contributed by atoms with E-state index >= 15 is 0 Å². The molecule has 2 aromatic rings. The van der Waals surface area contributed by atoms with Gasteiger partial charge in [0.25, 0.3) is 0 Å². The van der Waals surface area contributed by atoms with Crippen molar-refractivity contribution < 1.29 is 14.6 Å². The highest BCUT2D eigenvalue weighted by atomic mass is 35.5. The van der Waals surface area contributed by atoms with Crippen LogP contribution in [-0.4, -0.2) is 18.8 Å².